The van der Waals surface area contributed by atoms with Crippen molar-refractivity contribution in [1.82, 2.24) is 15.2 Å². The molecule has 0 radical (unpaired) electrons. The van der Waals surface area contributed by atoms with Crippen LogP contribution in [0.4, 0.5) is 0 Å². The van der Waals surface area contributed by atoms with Crippen molar-refractivity contribution in [2.24, 2.45) is 0 Å². The first kappa shape index (κ1) is 22.3. The van der Waals surface area contributed by atoms with Crippen LogP contribution < -0.4 is 10.1 Å². The molecule has 1 atom stereocenters. The zero-order chi connectivity index (χ0) is 22.6. The van der Waals surface area contributed by atoms with Gasteiger partial charge in [0.05, 0.1) is 30.8 Å². The highest BCUT2D eigenvalue weighted by molar-refractivity contribution is 5.89. The molecule has 2 amide bonds. The maximum absolute atomic E-state index is 14.2. The van der Waals surface area contributed by atoms with E-state index in [1.165, 1.54) is 13.3 Å². The van der Waals surface area contributed by atoms with Crippen molar-refractivity contribution >= 4 is 11.8 Å². The molecule has 2 aromatic rings. The molecule has 2 heterocycles. The number of aromatic nitrogens is 1. The fourth-order valence-electron chi connectivity index (χ4n) is 5.34. The van der Waals surface area contributed by atoms with E-state index in [-0.39, 0.29) is 17.9 Å². The first-order valence-corrected chi connectivity index (χ1v) is 11.7. The van der Waals surface area contributed by atoms with Gasteiger partial charge < -0.3 is 15.0 Å². The van der Waals surface area contributed by atoms with Gasteiger partial charge in [-0.05, 0) is 61.1 Å². The Labute approximate surface area is 190 Å². The number of pyridine rings is 1. The molecule has 32 heavy (non-hydrogen) atoms. The Morgan fingerprint density at radius 2 is 1.88 bits per heavy atom. The highest BCUT2D eigenvalue weighted by atomic mass is 16.5. The van der Waals surface area contributed by atoms with Crippen molar-refractivity contribution in [3.63, 3.8) is 0 Å². The van der Waals surface area contributed by atoms with Gasteiger partial charge in [0.15, 0.2) is 0 Å². The summed E-state index contributed by atoms with van der Waals surface area (Å²) in [6.45, 7) is 2.69. The lowest BCUT2D eigenvalue weighted by Crippen LogP contribution is -2.47. The van der Waals surface area contributed by atoms with Gasteiger partial charge >= 0.3 is 0 Å². The van der Waals surface area contributed by atoms with Crippen molar-refractivity contribution in [3.05, 3.63) is 59.4 Å². The number of carbonyl (C=O) groups is 2. The molecular formula is C26H33N3O3. The fourth-order valence-corrected chi connectivity index (χ4v) is 5.34. The van der Waals surface area contributed by atoms with Crippen LogP contribution in [-0.2, 0) is 21.5 Å². The maximum atomic E-state index is 14.2. The Bertz CT molecular complexity index is 951. The van der Waals surface area contributed by atoms with Crippen molar-refractivity contribution in [2.75, 3.05) is 13.7 Å². The van der Waals surface area contributed by atoms with E-state index >= 15 is 0 Å². The van der Waals surface area contributed by atoms with E-state index in [0.717, 1.165) is 67.6 Å². The third-order valence-electron chi connectivity index (χ3n) is 7.02. The number of likely N-dealkylation sites (tertiary alicyclic amines) is 1. The molecule has 1 aromatic heterocycles. The molecule has 4 rings (SSSR count). The molecule has 1 saturated heterocycles. The molecule has 1 N–H and O–H groups in total. The van der Waals surface area contributed by atoms with Crippen LogP contribution in [0.1, 0.15) is 74.7 Å². The third-order valence-corrected chi connectivity index (χ3v) is 7.02. The molecule has 2 aliphatic rings. The van der Waals surface area contributed by atoms with Crippen molar-refractivity contribution in [2.45, 2.75) is 69.9 Å². The summed E-state index contributed by atoms with van der Waals surface area (Å²) in [7, 11) is 1.67. The largest absolute Gasteiger partial charge is 0.497 e. The Morgan fingerprint density at radius 3 is 2.56 bits per heavy atom. The Hall–Kier alpha value is -2.89. The van der Waals surface area contributed by atoms with Crippen LogP contribution in [0.5, 0.6) is 5.75 Å². The summed E-state index contributed by atoms with van der Waals surface area (Å²) in [5.74, 6) is 0.994. The quantitative estimate of drug-likeness (QED) is 0.735. The van der Waals surface area contributed by atoms with Crippen LogP contribution in [0, 0.1) is 0 Å². The summed E-state index contributed by atoms with van der Waals surface area (Å²) in [4.78, 5) is 32.0. The maximum Gasteiger partial charge on any atom is 0.233 e. The first-order valence-electron chi connectivity index (χ1n) is 11.7. The molecule has 1 aliphatic carbocycles. The van der Waals surface area contributed by atoms with Crippen LogP contribution in [0.15, 0.2) is 42.6 Å². The topological polar surface area (TPSA) is 71.5 Å². The number of methoxy groups -OCH3 is 1. The molecule has 1 saturated carbocycles. The second-order valence-corrected chi connectivity index (χ2v) is 9.02. The van der Waals surface area contributed by atoms with Crippen molar-refractivity contribution in [3.8, 4) is 5.75 Å². The number of carbonyl (C=O) groups excluding carboxylic acids is 2. The van der Waals surface area contributed by atoms with Crippen molar-refractivity contribution in [1.29, 1.82) is 0 Å². The van der Waals surface area contributed by atoms with Gasteiger partial charge in [-0.1, -0.05) is 31.4 Å². The zero-order valence-electron chi connectivity index (χ0n) is 19.1. The molecule has 6 heteroatoms. The summed E-state index contributed by atoms with van der Waals surface area (Å²) in [5.41, 5.74) is 2.57. The van der Waals surface area contributed by atoms with E-state index < -0.39 is 5.41 Å². The Balaban J connectivity index is 1.62. The predicted molar refractivity (Wildman–Crippen MR) is 123 cm³/mol. The highest BCUT2D eigenvalue weighted by Gasteiger charge is 2.46. The summed E-state index contributed by atoms with van der Waals surface area (Å²) in [5, 5.41) is 2.81. The van der Waals surface area contributed by atoms with Crippen LogP contribution in [0.2, 0.25) is 0 Å². The number of hydrogen-bond acceptors (Lipinski definition) is 4. The number of nitrogens with one attached hydrogen (secondary N) is 1. The van der Waals surface area contributed by atoms with Gasteiger partial charge in [0.1, 0.15) is 5.75 Å². The van der Waals surface area contributed by atoms with Crippen LogP contribution in [-0.4, -0.2) is 35.4 Å². The van der Waals surface area contributed by atoms with Crippen LogP contribution in [0.3, 0.4) is 0 Å². The van der Waals surface area contributed by atoms with Crippen molar-refractivity contribution < 1.29 is 14.3 Å². The Kier molecular flexibility index (Phi) is 6.77. The SMILES string of the molecule is COc1ccc(C2(C(=O)N3CCC[C@H]3c3ccnc(CNC(C)=O)c3)CCCCC2)cc1. The van der Waals surface area contributed by atoms with Crippen LogP contribution in [0.25, 0.3) is 0 Å². The summed E-state index contributed by atoms with van der Waals surface area (Å²) < 4.78 is 5.34. The van der Waals surface area contributed by atoms with E-state index in [1.54, 1.807) is 13.3 Å². The van der Waals surface area contributed by atoms with Gasteiger partial charge in [-0.25, -0.2) is 0 Å². The van der Waals surface area contributed by atoms with Gasteiger partial charge in [-0.3, -0.25) is 14.6 Å². The number of nitrogens with zero attached hydrogens (tertiary/aromatic N) is 2. The molecule has 0 unspecified atom stereocenters. The molecule has 170 valence electrons. The minimum atomic E-state index is -0.459. The summed E-state index contributed by atoms with van der Waals surface area (Å²) in [6.07, 6.45) is 8.86. The van der Waals surface area contributed by atoms with Gasteiger partial charge in [-0.15, -0.1) is 0 Å². The minimum Gasteiger partial charge on any atom is -0.497 e. The second-order valence-electron chi connectivity index (χ2n) is 9.02. The fraction of sp³-hybridized carbons (Fsp3) is 0.500. The highest BCUT2D eigenvalue weighted by Crippen LogP contribution is 2.44. The standard InChI is InChI=1S/C26H33N3O3/c1-19(30)28-18-22-17-20(12-15-27-22)24-7-6-16-29(24)25(31)26(13-4-3-5-14-26)21-8-10-23(32-2)11-9-21/h8-12,15,17,24H,3-7,13-14,16,18H2,1-2H3,(H,28,30)/t24-/m0/s1. The Morgan fingerprint density at radius 1 is 1.12 bits per heavy atom. The predicted octanol–water partition coefficient (Wildman–Crippen LogP) is 4.29. The number of benzene rings is 1. The van der Waals surface area contributed by atoms with E-state index in [0.29, 0.717) is 6.54 Å². The molecule has 0 bridgehead atoms. The van der Waals surface area contributed by atoms with E-state index in [1.807, 2.05) is 24.3 Å². The average molecular weight is 436 g/mol. The van der Waals surface area contributed by atoms with E-state index in [9.17, 15) is 9.59 Å². The second kappa shape index (κ2) is 9.72. The average Bonchev–Trinajstić information content (AvgIpc) is 3.33. The number of amides is 2. The smallest absolute Gasteiger partial charge is 0.233 e. The minimum absolute atomic E-state index is 0.0543. The normalized spacial score (nSPS) is 20.1. The van der Waals surface area contributed by atoms with Gasteiger partial charge in [-0.2, -0.15) is 0 Å². The zero-order valence-corrected chi connectivity index (χ0v) is 19.1. The number of rotatable bonds is 6. The lowest BCUT2D eigenvalue weighted by molar-refractivity contribution is -0.140. The van der Waals surface area contributed by atoms with Gasteiger partial charge in [0.2, 0.25) is 11.8 Å². The molecule has 6 nitrogen and oxygen atoms in total. The van der Waals surface area contributed by atoms with E-state index in [2.05, 4.69) is 27.3 Å². The lowest BCUT2D eigenvalue weighted by Gasteiger charge is -2.41. The number of hydrogen-bond donors (Lipinski definition) is 1. The third kappa shape index (κ3) is 4.50. The first-order chi connectivity index (χ1) is 15.5. The summed E-state index contributed by atoms with van der Waals surface area (Å²) >= 11 is 0. The lowest BCUT2D eigenvalue weighted by atomic mass is 9.68. The van der Waals surface area contributed by atoms with Gasteiger partial charge in [0.25, 0.3) is 0 Å². The van der Waals surface area contributed by atoms with Gasteiger partial charge in [0, 0.05) is 19.7 Å². The molecule has 1 aliphatic heterocycles. The molecular weight excluding hydrogens is 402 g/mol. The van der Waals surface area contributed by atoms with Crippen LogP contribution >= 0.6 is 0 Å². The number of ether oxygens (including phenoxy) is 1. The molecule has 2 fully saturated rings. The van der Waals surface area contributed by atoms with E-state index in [4.69, 9.17) is 4.74 Å². The molecule has 1 aromatic carbocycles. The molecule has 0 spiro atoms. The summed E-state index contributed by atoms with van der Waals surface area (Å²) in [6, 6.07) is 12.2. The monoisotopic (exact) mass is 435 g/mol.